The van der Waals surface area contributed by atoms with E-state index in [0.29, 0.717) is 15.1 Å². The van der Waals surface area contributed by atoms with Crippen LogP contribution in [0.5, 0.6) is 0 Å². The number of benzene rings is 3. The fourth-order valence-electron chi connectivity index (χ4n) is 3.74. The molecule has 0 heterocycles. The van der Waals surface area contributed by atoms with Crippen LogP contribution in [0.25, 0.3) is 0 Å². The second kappa shape index (κ2) is 12.6. The lowest BCUT2D eigenvalue weighted by atomic mass is 10.1. The average molecular weight is 611 g/mol. The summed E-state index contributed by atoms with van der Waals surface area (Å²) < 4.78 is 28.5. The fourth-order valence-corrected chi connectivity index (χ4v) is 5.58. The summed E-state index contributed by atoms with van der Waals surface area (Å²) in [4.78, 5) is 28.3. The number of sulfonamides is 1. The molecule has 0 fully saturated rings. The first-order valence-electron chi connectivity index (χ1n) is 12.1. The molecule has 1 atom stereocenters. The van der Waals surface area contributed by atoms with Gasteiger partial charge >= 0.3 is 0 Å². The van der Waals surface area contributed by atoms with Crippen molar-refractivity contribution in [1.82, 2.24) is 10.2 Å². The second-order valence-corrected chi connectivity index (χ2v) is 13.2. The molecule has 11 heteroatoms. The Balaban J connectivity index is 2.03. The van der Waals surface area contributed by atoms with Crippen LogP contribution < -0.4 is 9.62 Å². The third-order valence-corrected chi connectivity index (χ3v) is 8.24. The van der Waals surface area contributed by atoms with E-state index in [1.807, 2.05) is 20.8 Å². The van der Waals surface area contributed by atoms with Crippen molar-refractivity contribution < 1.29 is 18.0 Å². The molecule has 3 aromatic carbocycles. The van der Waals surface area contributed by atoms with Gasteiger partial charge in [0.2, 0.25) is 11.8 Å². The van der Waals surface area contributed by atoms with E-state index >= 15 is 0 Å². The molecule has 0 aromatic heterocycles. The highest BCUT2D eigenvalue weighted by atomic mass is 35.5. The summed E-state index contributed by atoms with van der Waals surface area (Å²) in [6, 6.07) is 17.8. The van der Waals surface area contributed by atoms with Gasteiger partial charge in [0, 0.05) is 27.2 Å². The van der Waals surface area contributed by atoms with Crippen LogP contribution in [-0.2, 0) is 26.2 Å². The van der Waals surface area contributed by atoms with Gasteiger partial charge in [-0.1, -0.05) is 53.0 Å². The summed E-state index contributed by atoms with van der Waals surface area (Å²) in [5.41, 5.74) is 0.382. The maximum atomic E-state index is 13.9. The summed E-state index contributed by atoms with van der Waals surface area (Å²) in [6.07, 6.45) is 0. The molecule has 3 aromatic rings. The maximum Gasteiger partial charge on any atom is 0.264 e. The van der Waals surface area contributed by atoms with Crippen molar-refractivity contribution in [2.45, 2.75) is 50.7 Å². The van der Waals surface area contributed by atoms with Gasteiger partial charge in [-0.25, -0.2) is 8.42 Å². The number of carbonyl (C=O) groups is 2. The second-order valence-electron chi connectivity index (χ2n) is 10.0. The zero-order chi connectivity index (χ0) is 29.0. The normalized spacial score (nSPS) is 12.5. The van der Waals surface area contributed by atoms with Gasteiger partial charge in [-0.2, -0.15) is 0 Å². The largest absolute Gasteiger partial charge is 0.350 e. The van der Waals surface area contributed by atoms with Crippen LogP contribution >= 0.6 is 34.8 Å². The number of halogens is 3. The van der Waals surface area contributed by atoms with Crippen molar-refractivity contribution >= 4 is 62.3 Å². The van der Waals surface area contributed by atoms with E-state index in [9.17, 15) is 18.0 Å². The van der Waals surface area contributed by atoms with Crippen molar-refractivity contribution in [2.24, 2.45) is 0 Å². The molecule has 0 radical (unpaired) electrons. The molecule has 7 nitrogen and oxygen atoms in total. The maximum absolute atomic E-state index is 13.9. The lowest BCUT2D eigenvalue weighted by Crippen LogP contribution is -2.54. The monoisotopic (exact) mass is 609 g/mol. The van der Waals surface area contributed by atoms with Crippen LogP contribution in [0.3, 0.4) is 0 Å². The van der Waals surface area contributed by atoms with E-state index in [1.54, 1.807) is 49.4 Å². The predicted octanol–water partition coefficient (Wildman–Crippen LogP) is 6.17. The molecule has 0 aliphatic rings. The first kappa shape index (κ1) is 30.8. The Morgan fingerprint density at radius 2 is 1.44 bits per heavy atom. The molecule has 0 bridgehead atoms. The van der Waals surface area contributed by atoms with Gasteiger partial charge in [0.05, 0.1) is 10.6 Å². The van der Waals surface area contributed by atoms with Crippen molar-refractivity contribution in [2.75, 3.05) is 10.8 Å². The SMILES string of the molecule is C[C@@H](C(=O)NC(C)(C)C)N(Cc1ccc(Cl)cc1)C(=O)CN(c1cccc(Cl)c1)S(=O)(=O)c1ccc(Cl)cc1. The molecule has 0 aliphatic carbocycles. The number of nitrogens with zero attached hydrogens (tertiary/aromatic N) is 2. The highest BCUT2D eigenvalue weighted by Crippen LogP contribution is 2.27. The molecule has 0 saturated carbocycles. The van der Waals surface area contributed by atoms with Crippen LogP contribution in [0.2, 0.25) is 15.1 Å². The third kappa shape index (κ3) is 8.35. The van der Waals surface area contributed by atoms with Gasteiger partial charge < -0.3 is 10.2 Å². The van der Waals surface area contributed by atoms with Crippen LogP contribution in [0.15, 0.2) is 77.7 Å². The van der Waals surface area contributed by atoms with Crippen LogP contribution in [0.1, 0.15) is 33.3 Å². The van der Waals surface area contributed by atoms with E-state index in [2.05, 4.69) is 5.32 Å². The van der Waals surface area contributed by atoms with Crippen molar-refractivity contribution in [3.05, 3.63) is 93.4 Å². The topological polar surface area (TPSA) is 86.8 Å². The zero-order valence-electron chi connectivity index (χ0n) is 22.0. The Morgan fingerprint density at radius 1 is 0.872 bits per heavy atom. The van der Waals surface area contributed by atoms with Crippen LogP contribution in [-0.4, -0.2) is 43.3 Å². The summed E-state index contributed by atoms with van der Waals surface area (Å²) in [7, 11) is -4.22. The molecular weight excluding hydrogens is 581 g/mol. The summed E-state index contributed by atoms with van der Waals surface area (Å²) in [6.45, 7) is 6.59. The minimum atomic E-state index is -4.22. The molecule has 0 spiro atoms. The highest BCUT2D eigenvalue weighted by Gasteiger charge is 2.33. The number of anilines is 1. The molecule has 1 N–H and O–H groups in total. The number of rotatable bonds is 9. The van der Waals surface area contributed by atoms with E-state index in [1.165, 1.54) is 35.2 Å². The first-order chi connectivity index (χ1) is 18.2. The summed E-state index contributed by atoms with van der Waals surface area (Å²) >= 11 is 18.2. The van der Waals surface area contributed by atoms with Crippen molar-refractivity contribution in [3.63, 3.8) is 0 Å². The van der Waals surface area contributed by atoms with Gasteiger partial charge in [-0.05, 0) is 87.9 Å². The zero-order valence-corrected chi connectivity index (χ0v) is 25.1. The van der Waals surface area contributed by atoms with E-state index in [4.69, 9.17) is 34.8 Å². The lowest BCUT2D eigenvalue weighted by Gasteiger charge is -2.33. The fraction of sp³-hybridized carbons (Fsp3) is 0.286. The molecule has 39 heavy (non-hydrogen) atoms. The van der Waals surface area contributed by atoms with Crippen LogP contribution in [0.4, 0.5) is 5.69 Å². The Morgan fingerprint density at radius 3 is 1.97 bits per heavy atom. The standard InChI is InChI=1S/C28H30Cl3N3O4S/c1-19(27(36)32-28(2,3)4)33(17-20-8-10-21(29)11-9-20)26(35)18-34(24-7-5-6-23(31)16-24)39(37,38)25-14-12-22(30)13-15-25/h5-16,19H,17-18H2,1-4H3,(H,32,36)/t19-/m0/s1. The summed E-state index contributed by atoms with van der Waals surface area (Å²) in [5.74, 6) is -0.960. The number of carbonyl (C=O) groups excluding carboxylic acids is 2. The molecule has 0 unspecified atom stereocenters. The van der Waals surface area contributed by atoms with Crippen molar-refractivity contribution in [3.8, 4) is 0 Å². The molecule has 0 aliphatic heterocycles. The molecule has 0 saturated heterocycles. The van der Waals surface area contributed by atoms with Gasteiger partial charge in [0.1, 0.15) is 12.6 Å². The molecule has 3 rings (SSSR count). The Hall–Kier alpha value is -2.78. The van der Waals surface area contributed by atoms with Gasteiger partial charge in [-0.15, -0.1) is 0 Å². The van der Waals surface area contributed by atoms with Gasteiger partial charge in [-0.3, -0.25) is 13.9 Å². The third-order valence-electron chi connectivity index (χ3n) is 5.71. The number of hydrogen-bond donors (Lipinski definition) is 1. The highest BCUT2D eigenvalue weighted by molar-refractivity contribution is 7.92. The number of hydrogen-bond acceptors (Lipinski definition) is 4. The predicted molar refractivity (Wildman–Crippen MR) is 157 cm³/mol. The molecule has 2 amide bonds. The van der Waals surface area contributed by atoms with Gasteiger partial charge in [0.15, 0.2) is 0 Å². The van der Waals surface area contributed by atoms with Gasteiger partial charge in [0.25, 0.3) is 10.0 Å². The number of nitrogens with one attached hydrogen (secondary N) is 1. The van der Waals surface area contributed by atoms with E-state index < -0.39 is 34.1 Å². The molecule has 208 valence electrons. The van der Waals surface area contributed by atoms with E-state index in [0.717, 1.165) is 9.87 Å². The quantitative estimate of drug-likeness (QED) is 0.314. The Labute approximate surface area is 244 Å². The molecular formula is C28H30Cl3N3O4S. The average Bonchev–Trinajstić information content (AvgIpc) is 2.85. The Bertz CT molecular complexity index is 1420. The minimum absolute atomic E-state index is 0.0533. The minimum Gasteiger partial charge on any atom is -0.350 e. The first-order valence-corrected chi connectivity index (χ1v) is 14.6. The summed E-state index contributed by atoms with van der Waals surface area (Å²) in [5, 5.41) is 4.08. The van der Waals surface area contributed by atoms with Crippen molar-refractivity contribution in [1.29, 1.82) is 0 Å². The smallest absolute Gasteiger partial charge is 0.264 e. The Kier molecular flexibility index (Phi) is 9.93. The number of amides is 2. The van der Waals surface area contributed by atoms with E-state index in [-0.39, 0.29) is 23.0 Å². The van der Waals surface area contributed by atoms with Crippen LogP contribution in [0, 0.1) is 0 Å². The lowest BCUT2D eigenvalue weighted by molar-refractivity contribution is -0.140.